The Labute approximate surface area is 110 Å². The molecule has 0 saturated carbocycles. The van der Waals surface area contributed by atoms with Gasteiger partial charge in [0.05, 0.1) is 5.69 Å². The minimum absolute atomic E-state index is 0.215. The number of hydrogen-bond acceptors (Lipinski definition) is 2. The molecule has 1 aromatic heterocycles. The third kappa shape index (κ3) is 2.17. The predicted octanol–water partition coefficient (Wildman–Crippen LogP) is 2.46. The number of nitrogens with zero attached hydrogens (tertiary/aromatic N) is 1. The van der Waals surface area contributed by atoms with E-state index in [1.54, 1.807) is 13.0 Å². The Balaban J connectivity index is 2.87. The van der Waals surface area contributed by atoms with Crippen LogP contribution in [0.4, 0.5) is 0 Å². The largest absolute Gasteiger partial charge is 0.477 e. The molecule has 19 heavy (non-hydrogen) atoms. The molecule has 1 aromatic carbocycles. The molecule has 4 nitrogen and oxygen atoms in total. The molecule has 0 radical (unpaired) electrons. The molecule has 0 aliphatic carbocycles. The van der Waals surface area contributed by atoms with Crippen molar-refractivity contribution in [2.24, 2.45) is 0 Å². The third-order valence-corrected chi connectivity index (χ3v) is 3.17. The minimum atomic E-state index is -1.20. The van der Waals surface area contributed by atoms with Crippen molar-refractivity contribution in [1.29, 1.82) is 0 Å². The Hall–Kier alpha value is -2.36. The Morgan fingerprint density at radius 2 is 1.63 bits per heavy atom. The second kappa shape index (κ2) is 4.72. The molecule has 0 spiro atoms. The first-order valence-electron chi connectivity index (χ1n) is 5.96. The van der Waals surface area contributed by atoms with Crippen LogP contribution in [0.25, 0.3) is 5.69 Å². The molecule has 0 aliphatic rings. The van der Waals surface area contributed by atoms with Gasteiger partial charge >= 0.3 is 5.97 Å². The van der Waals surface area contributed by atoms with Crippen molar-refractivity contribution < 1.29 is 9.90 Å². The summed E-state index contributed by atoms with van der Waals surface area (Å²) in [5, 5.41) is 9.05. The van der Waals surface area contributed by atoms with E-state index in [9.17, 15) is 9.59 Å². The lowest BCUT2D eigenvalue weighted by Gasteiger charge is -2.15. The first kappa shape index (κ1) is 13.1. The van der Waals surface area contributed by atoms with Crippen LogP contribution in [0.1, 0.15) is 27.2 Å². The summed E-state index contributed by atoms with van der Waals surface area (Å²) in [4.78, 5) is 23.4. The zero-order valence-electron chi connectivity index (χ0n) is 11.1. The Morgan fingerprint density at radius 3 is 2.16 bits per heavy atom. The maximum atomic E-state index is 12.3. The Bertz CT molecular complexity index is 694. The molecule has 0 unspecified atom stereocenters. The Morgan fingerprint density at radius 1 is 1.05 bits per heavy atom. The van der Waals surface area contributed by atoms with Crippen LogP contribution in [0, 0.1) is 20.8 Å². The lowest BCUT2D eigenvalue weighted by atomic mass is 10.1. The molecule has 4 heteroatoms. The van der Waals surface area contributed by atoms with E-state index in [1.165, 1.54) is 10.6 Å². The fourth-order valence-electron chi connectivity index (χ4n) is 2.23. The van der Waals surface area contributed by atoms with E-state index >= 15 is 0 Å². The van der Waals surface area contributed by atoms with Crippen molar-refractivity contribution in [2.75, 3.05) is 0 Å². The number of rotatable bonds is 2. The van der Waals surface area contributed by atoms with Gasteiger partial charge in [0.15, 0.2) is 0 Å². The van der Waals surface area contributed by atoms with Gasteiger partial charge in [-0.3, -0.25) is 9.36 Å². The van der Waals surface area contributed by atoms with Gasteiger partial charge in [-0.15, -0.1) is 0 Å². The van der Waals surface area contributed by atoms with Crippen molar-refractivity contribution in [1.82, 2.24) is 4.57 Å². The van der Waals surface area contributed by atoms with Crippen LogP contribution >= 0.6 is 0 Å². The van der Waals surface area contributed by atoms with Crippen LogP contribution in [0.3, 0.4) is 0 Å². The maximum absolute atomic E-state index is 12.3. The maximum Gasteiger partial charge on any atom is 0.341 e. The van der Waals surface area contributed by atoms with Gasteiger partial charge in [-0.2, -0.15) is 0 Å². The second-order valence-corrected chi connectivity index (χ2v) is 4.57. The summed E-state index contributed by atoms with van der Waals surface area (Å²) >= 11 is 0. The highest BCUT2D eigenvalue weighted by Crippen LogP contribution is 2.18. The first-order chi connectivity index (χ1) is 8.93. The number of para-hydroxylation sites is 1. The van der Waals surface area contributed by atoms with E-state index in [1.807, 2.05) is 32.0 Å². The number of aromatic carboxylic acids is 1. The highest BCUT2D eigenvalue weighted by Gasteiger charge is 2.15. The number of pyridine rings is 1. The van der Waals surface area contributed by atoms with Gasteiger partial charge in [0, 0.05) is 5.69 Å². The standard InChI is InChI=1S/C15H15NO3/c1-9-5-4-6-10(2)13(9)16-11(3)7-8-12(14(16)17)15(18)19/h4-8H,1-3H3,(H,18,19). The van der Waals surface area contributed by atoms with E-state index in [-0.39, 0.29) is 5.56 Å². The quantitative estimate of drug-likeness (QED) is 0.899. The van der Waals surface area contributed by atoms with Crippen molar-refractivity contribution in [3.63, 3.8) is 0 Å². The Kier molecular flexibility index (Phi) is 3.25. The van der Waals surface area contributed by atoms with Crippen LogP contribution < -0.4 is 5.56 Å². The van der Waals surface area contributed by atoms with Crippen molar-refractivity contribution in [3.05, 3.63) is 63.1 Å². The average molecular weight is 257 g/mol. The van der Waals surface area contributed by atoms with Crippen LogP contribution in [0.5, 0.6) is 0 Å². The molecular formula is C15H15NO3. The molecule has 0 aliphatic heterocycles. The summed E-state index contributed by atoms with van der Waals surface area (Å²) < 4.78 is 1.47. The van der Waals surface area contributed by atoms with E-state index in [0.717, 1.165) is 16.8 Å². The lowest BCUT2D eigenvalue weighted by Crippen LogP contribution is -2.27. The second-order valence-electron chi connectivity index (χ2n) is 4.57. The highest BCUT2D eigenvalue weighted by atomic mass is 16.4. The number of carbonyl (C=O) groups is 1. The molecule has 1 heterocycles. The van der Waals surface area contributed by atoms with Crippen LogP contribution in [0.15, 0.2) is 35.1 Å². The number of carboxylic acids is 1. The number of benzene rings is 1. The van der Waals surface area contributed by atoms with Crippen molar-refractivity contribution >= 4 is 5.97 Å². The van der Waals surface area contributed by atoms with Gasteiger partial charge in [0.25, 0.3) is 5.56 Å². The van der Waals surface area contributed by atoms with Crippen LogP contribution in [-0.4, -0.2) is 15.6 Å². The molecule has 0 amide bonds. The minimum Gasteiger partial charge on any atom is -0.477 e. The zero-order chi connectivity index (χ0) is 14.2. The van der Waals surface area contributed by atoms with Crippen LogP contribution in [0.2, 0.25) is 0 Å². The summed E-state index contributed by atoms with van der Waals surface area (Å²) in [5.41, 5.74) is 2.64. The number of hydrogen-bond donors (Lipinski definition) is 1. The van der Waals surface area contributed by atoms with Crippen molar-refractivity contribution in [2.45, 2.75) is 20.8 Å². The summed E-state index contributed by atoms with van der Waals surface area (Å²) in [6.45, 7) is 5.60. The molecular weight excluding hydrogens is 242 g/mol. The summed E-state index contributed by atoms with van der Waals surface area (Å²) in [5.74, 6) is -1.20. The molecule has 0 fully saturated rings. The highest BCUT2D eigenvalue weighted by molar-refractivity contribution is 5.87. The summed E-state index contributed by atoms with van der Waals surface area (Å²) in [6.07, 6.45) is 0. The van der Waals surface area contributed by atoms with Gasteiger partial charge in [-0.05, 0) is 44.0 Å². The third-order valence-electron chi connectivity index (χ3n) is 3.17. The molecule has 98 valence electrons. The molecule has 0 bridgehead atoms. The number of aromatic nitrogens is 1. The van der Waals surface area contributed by atoms with Gasteiger partial charge in [-0.1, -0.05) is 18.2 Å². The fraction of sp³-hybridized carbons (Fsp3) is 0.200. The number of carboxylic acid groups (broad SMARTS) is 1. The first-order valence-corrected chi connectivity index (χ1v) is 5.96. The van der Waals surface area contributed by atoms with E-state index in [0.29, 0.717) is 5.69 Å². The van der Waals surface area contributed by atoms with E-state index in [4.69, 9.17) is 5.11 Å². The summed E-state index contributed by atoms with van der Waals surface area (Å²) in [7, 11) is 0. The molecule has 1 N–H and O–H groups in total. The van der Waals surface area contributed by atoms with Crippen molar-refractivity contribution in [3.8, 4) is 5.69 Å². The van der Waals surface area contributed by atoms with Gasteiger partial charge in [-0.25, -0.2) is 4.79 Å². The molecule has 2 aromatic rings. The number of aryl methyl sites for hydroxylation is 3. The van der Waals surface area contributed by atoms with E-state index < -0.39 is 11.5 Å². The van der Waals surface area contributed by atoms with E-state index in [2.05, 4.69) is 0 Å². The zero-order valence-corrected chi connectivity index (χ0v) is 11.1. The fourth-order valence-corrected chi connectivity index (χ4v) is 2.23. The van der Waals surface area contributed by atoms with Gasteiger partial charge in [0.2, 0.25) is 0 Å². The smallest absolute Gasteiger partial charge is 0.341 e. The van der Waals surface area contributed by atoms with Gasteiger partial charge < -0.3 is 5.11 Å². The molecule has 0 atom stereocenters. The normalized spacial score (nSPS) is 10.5. The summed E-state index contributed by atoms with van der Waals surface area (Å²) in [6, 6.07) is 8.72. The van der Waals surface area contributed by atoms with Crippen LogP contribution in [-0.2, 0) is 0 Å². The monoisotopic (exact) mass is 257 g/mol. The topological polar surface area (TPSA) is 59.3 Å². The predicted molar refractivity (Wildman–Crippen MR) is 73.2 cm³/mol. The lowest BCUT2D eigenvalue weighted by molar-refractivity contribution is 0.0694. The molecule has 2 rings (SSSR count). The average Bonchev–Trinajstić information content (AvgIpc) is 2.32. The SMILES string of the molecule is Cc1cccc(C)c1-n1c(C)ccc(C(=O)O)c1=O. The molecule has 0 saturated heterocycles. The van der Waals surface area contributed by atoms with Gasteiger partial charge in [0.1, 0.15) is 5.56 Å².